The molecule has 0 aliphatic rings. The number of hydrogen-bond acceptors (Lipinski definition) is 4. The number of carbonyl (C=O) groups excluding carboxylic acids is 1. The molecule has 2 heterocycles. The summed E-state index contributed by atoms with van der Waals surface area (Å²) < 4.78 is 0. The number of nitrogens with zero attached hydrogens (tertiary/aromatic N) is 1. The molecule has 0 saturated heterocycles. The number of thiophene rings is 1. The van der Waals surface area contributed by atoms with E-state index in [2.05, 4.69) is 9.97 Å². The molecule has 3 N–H and O–H groups in total. The van der Waals surface area contributed by atoms with Gasteiger partial charge in [-0.1, -0.05) is 42.5 Å². The van der Waals surface area contributed by atoms with Crippen LogP contribution in [0.3, 0.4) is 0 Å². The number of benzene rings is 2. The van der Waals surface area contributed by atoms with Crippen LogP contribution in [0.2, 0.25) is 0 Å². The number of nitrogens with two attached hydrogens (primary N) is 1. The summed E-state index contributed by atoms with van der Waals surface area (Å²) in [6.07, 6.45) is 0.421. The number of rotatable bonds is 4. The number of aryl methyl sites for hydroxylation is 1. The van der Waals surface area contributed by atoms with Gasteiger partial charge in [0.2, 0.25) is 5.91 Å². The zero-order chi connectivity index (χ0) is 19.0. The second kappa shape index (κ2) is 6.81. The van der Waals surface area contributed by atoms with E-state index in [1.807, 2.05) is 43.3 Å². The Balaban J connectivity index is 1.79. The molecule has 134 valence electrons. The fourth-order valence-corrected chi connectivity index (χ4v) is 4.29. The van der Waals surface area contributed by atoms with Crippen LogP contribution in [0.15, 0.2) is 59.4 Å². The van der Waals surface area contributed by atoms with Gasteiger partial charge in [-0.25, -0.2) is 4.98 Å². The molecule has 6 heteroatoms. The Morgan fingerprint density at radius 1 is 1.15 bits per heavy atom. The minimum Gasteiger partial charge on any atom is -0.366 e. The van der Waals surface area contributed by atoms with Crippen molar-refractivity contribution >= 4 is 27.5 Å². The fourth-order valence-electron chi connectivity index (χ4n) is 3.23. The second-order valence-electron chi connectivity index (χ2n) is 6.33. The number of nitrogens with one attached hydrogen (secondary N) is 1. The maximum Gasteiger partial charge on any atom is 0.260 e. The van der Waals surface area contributed by atoms with Gasteiger partial charge in [0.1, 0.15) is 10.7 Å². The van der Waals surface area contributed by atoms with Gasteiger partial charge in [0.15, 0.2) is 0 Å². The summed E-state index contributed by atoms with van der Waals surface area (Å²) in [6, 6.07) is 16.9. The van der Waals surface area contributed by atoms with Gasteiger partial charge in [-0.2, -0.15) is 0 Å². The van der Waals surface area contributed by atoms with Crippen molar-refractivity contribution < 1.29 is 4.79 Å². The lowest BCUT2D eigenvalue weighted by Crippen LogP contribution is -2.13. The van der Waals surface area contributed by atoms with Gasteiger partial charge in [0, 0.05) is 22.4 Å². The molecular formula is C21H17N3O2S. The maximum atomic E-state index is 12.8. The highest BCUT2D eigenvalue weighted by atomic mass is 32.1. The second-order valence-corrected chi connectivity index (χ2v) is 7.54. The van der Waals surface area contributed by atoms with Gasteiger partial charge in [-0.3, -0.25) is 9.59 Å². The molecule has 0 bridgehead atoms. The Morgan fingerprint density at radius 2 is 1.93 bits per heavy atom. The Labute approximate surface area is 159 Å². The van der Waals surface area contributed by atoms with Crippen LogP contribution in [-0.4, -0.2) is 15.9 Å². The zero-order valence-corrected chi connectivity index (χ0v) is 15.5. The summed E-state index contributed by atoms with van der Waals surface area (Å²) in [6.45, 7) is 2.00. The summed E-state index contributed by atoms with van der Waals surface area (Å²) in [7, 11) is 0. The first-order valence-corrected chi connectivity index (χ1v) is 9.31. The quantitative estimate of drug-likeness (QED) is 0.571. The molecule has 1 amide bonds. The predicted molar refractivity (Wildman–Crippen MR) is 108 cm³/mol. The average molecular weight is 375 g/mol. The number of H-pyrrole nitrogens is 1. The number of fused-ring (bicyclic) bond motifs is 1. The van der Waals surface area contributed by atoms with Crippen molar-refractivity contribution in [1.82, 2.24) is 9.97 Å². The number of hydrogen-bond donors (Lipinski definition) is 2. The van der Waals surface area contributed by atoms with E-state index in [0.29, 0.717) is 23.2 Å². The van der Waals surface area contributed by atoms with Gasteiger partial charge in [-0.05, 0) is 30.2 Å². The van der Waals surface area contributed by atoms with E-state index in [1.54, 1.807) is 18.2 Å². The predicted octanol–water partition coefficient (Wildman–Crippen LogP) is 3.65. The van der Waals surface area contributed by atoms with Crippen LogP contribution in [0.1, 0.15) is 26.6 Å². The highest BCUT2D eigenvalue weighted by Crippen LogP contribution is 2.35. The molecule has 0 aliphatic carbocycles. The van der Waals surface area contributed by atoms with E-state index in [4.69, 9.17) is 5.73 Å². The standard InChI is InChI=1S/C21H17N3O2S/c1-12-17(14-7-3-2-4-8-14)18-20(26)23-16(24-21(18)27-12)11-13-6-5-9-15(10-13)19(22)25/h2-10H,11H2,1H3,(H2,22,25)(H,23,24,26). The first-order chi connectivity index (χ1) is 13.0. The fraction of sp³-hybridized carbons (Fsp3) is 0.0952. The maximum absolute atomic E-state index is 12.8. The van der Waals surface area contributed by atoms with Crippen molar-refractivity contribution in [2.45, 2.75) is 13.3 Å². The SMILES string of the molecule is Cc1sc2nc(Cc3cccc(C(N)=O)c3)[nH]c(=O)c2c1-c1ccccc1. The average Bonchev–Trinajstić information content (AvgIpc) is 2.99. The molecule has 0 atom stereocenters. The van der Waals surface area contributed by atoms with Gasteiger partial charge >= 0.3 is 0 Å². The largest absolute Gasteiger partial charge is 0.366 e. The monoisotopic (exact) mass is 375 g/mol. The lowest BCUT2D eigenvalue weighted by Gasteiger charge is -2.04. The summed E-state index contributed by atoms with van der Waals surface area (Å²) in [4.78, 5) is 33.5. The van der Waals surface area contributed by atoms with Gasteiger partial charge in [0.25, 0.3) is 5.56 Å². The summed E-state index contributed by atoms with van der Waals surface area (Å²) in [5.74, 6) is 0.0881. The number of aromatic amines is 1. The van der Waals surface area contributed by atoms with Crippen LogP contribution in [0, 0.1) is 6.92 Å². The third kappa shape index (κ3) is 3.27. The van der Waals surface area contributed by atoms with Crippen molar-refractivity contribution in [2.75, 3.05) is 0 Å². The molecule has 0 aliphatic heterocycles. The molecule has 0 saturated carbocycles. The van der Waals surface area contributed by atoms with E-state index in [0.717, 1.165) is 26.4 Å². The highest BCUT2D eigenvalue weighted by molar-refractivity contribution is 7.19. The summed E-state index contributed by atoms with van der Waals surface area (Å²) in [5, 5.41) is 0.623. The summed E-state index contributed by atoms with van der Waals surface area (Å²) >= 11 is 1.52. The van der Waals surface area contributed by atoms with Crippen molar-refractivity contribution in [3.05, 3.63) is 86.8 Å². The minimum atomic E-state index is -0.477. The highest BCUT2D eigenvalue weighted by Gasteiger charge is 2.16. The molecule has 0 unspecified atom stereocenters. The van der Waals surface area contributed by atoms with Crippen LogP contribution in [0.25, 0.3) is 21.3 Å². The topological polar surface area (TPSA) is 88.8 Å². The van der Waals surface area contributed by atoms with E-state index in [1.165, 1.54) is 11.3 Å². The molecule has 4 rings (SSSR count). The number of carbonyl (C=O) groups is 1. The smallest absolute Gasteiger partial charge is 0.260 e. The zero-order valence-electron chi connectivity index (χ0n) is 14.7. The van der Waals surface area contributed by atoms with E-state index < -0.39 is 5.91 Å². The molecule has 0 spiro atoms. The van der Waals surface area contributed by atoms with Crippen LogP contribution in [-0.2, 0) is 6.42 Å². The van der Waals surface area contributed by atoms with Gasteiger partial charge in [0.05, 0.1) is 5.39 Å². The molecule has 2 aromatic heterocycles. The first-order valence-electron chi connectivity index (χ1n) is 8.49. The normalized spacial score (nSPS) is 11.0. The van der Waals surface area contributed by atoms with Crippen molar-refractivity contribution in [2.24, 2.45) is 5.73 Å². The number of aromatic nitrogens is 2. The minimum absolute atomic E-state index is 0.149. The van der Waals surface area contributed by atoms with Crippen LogP contribution in [0.4, 0.5) is 0 Å². The van der Waals surface area contributed by atoms with Gasteiger partial charge < -0.3 is 10.7 Å². The molecular weight excluding hydrogens is 358 g/mol. The van der Waals surface area contributed by atoms with Crippen molar-refractivity contribution in [1.29, 1.82) is 0 Å². The number of primary amides is 1. The van der Waals surface area contributed by atoms with Crippen molar-refractivity contribution in [3.8, 4) is 11.1 Å². The van der Waals surface area contributed by atoms with Gasteiger partial charge in [-0.15, -0.1) is 11.3 Å². The Morgan fingerprint density at radius 3 is 2.67 bits per heavy atom. The van der Waals surface area contributed by atoms with Crippen LogP contribution < -0.4 is 11.3 Å². The Kier molecular flexibility index (Phi) is 4.33. The van der Waals surface area contributed by atoms with E-state index >= 15 is 0 Å². The lowest BCUT2D eigenvalue weighted by atomic mass is 10.0. The summed E-state index contributed by atoms with van der Waals surface area (Å²) in [5.41, 5.74) is 8.44. The molecule has 5 nitrogen and oxygen atoms in total. The van der Waals surface area contributed by atoms with Crippen molar-refractivity contribution in [3.63, 3.8) is 0 Å². The molecule has 27 heavy (non-hydrogen) atoms. The first kappa shape index (κ1) is 17.2. The van der Waals surface area contributed by atoms with Crippen LogP contribution in [0.5, 0.6) is 0 Å². The molecule has 0 radical (unpaired) electrons. The third-order valence-electron chi connectivity index (χ3n) is 4.43. The van der Waals surface area contributed by atoms with E-state index in [9.17, 15) is 9.59 Å². The molecule has 0 fully saturated rings. The van der Waals surface area contributed by atoms with E-state index in [-0.39, 0.29) is 5.56 Å². The van der Waals surface area contributed by atoms with Crippen LogP contribution >= 0.6 is 11.3 Å². The Bertz CT molecular complexity index is 1210. The number of amides is 1. The lowest BCUT2D eigenvalue weighted by molar-refractivity contribution is 0.1000. The molecule has 2 aromatic carbocycles. The Hall–Kier alpha value is -3.25. The third-order valence-corrected chi connectivity index (χ3v) is 5.43. The molecule has 4 aromatic rings.